The second kappa shape index (κ2) is 9.70. The number of imidazole rings is 1. The summed E-state index contributed by atoms with van der Waals surface area (Å²) in [6, 6.07) is 12.4. The second-order valence-electron chi connectivity index (χ2n) is 7.90. The summed E-state index contributed by atoms with van der Waals surface area (Å²) in [5, 5.41) is 9.89. The molecule has 0 atom stereocenters. The number of ether oxygens (including phenoxy) is 2. The fraction of sp³-hybridized carbons (Fsp3) is 0.240. The van der Waals surface area contributed by atoms with Gasteiger partial charge in [0, 0.05) is 23.9 Å². The Morgan fingerprint density at radius 1 is 1.06 bits per heavy atom. The number of phenols is 1. The monoisotopic (exact) mass is 446 g/mol. The Morgan fingerprint density at radius 3 is 2.55 bits per heavy atom. The molecule has 0 bridgehead atoms. The molecule has 0 unspecified atom stereocenters. The number of carbonyl (C=O) groups is 1. The van der Waals surface area contributed by atoms with Gasteiger partial charge in [-0.05, 0) is 50.8 Å². The van der Waals surface area contributed by atoms with E-state index in [1.165, 1.54) is 7.11 Å². The zero-order valence-corrected chi connectivity index (χ0v) is 18.9. The SMILES string of the molecule is COc1cc(-c2cnc3cnc(-c4ccc(C(=O)OCCCN(C)C)cc4)cn23)ccc1O. The smallest absolute Gasteiger partial charge is 0.338 e. The lowest BCUT2D eigenvalue weighted by atomic mass is 10.1. The Hall–Kier alpha value is -3.91. The number of hydrogen-bond acceptors (Lipinski definition) is 7. The number of hydrogen-bond donors (Lipinski definition) is 1. The molecule has 33 heavy (non-hydrogen) atoms. The van der Waals surface area contributed by atoms with Crippen LogP contribution >= 0.6 is 0 Å². The third-order valence-corrected chi connectivity index (χ3v) is 5.27. The van der Waals surface area contributed by atoms with Crippen LogP contribution in [0, 0.1) is 0 Å². The predicted molar refractivity (Wildman–Crippen MR) is 126 cm³/mol. The van der Waals surface area contributed by atoms with Gasteiger partial charge in [0.25, 0.3) is 0 Å². The number of aromatic nitrogens is 3. The van der Waals surface area contributed by atoms with Gasteiger partial charge in [-0.25, -0.2) is 9.78 Å². The first-order valence-corrected chi connectivity index (χ1v) is 10.6. The Morgan fingerprint density at radius 2 is 1.82 bits per heavy atom. The largest absolute Gasteiger partial charge is 0.504 e. The topological polar surface area (TPSA) is 89.2 Å². The molecule has 4 rings (SSSR count). The molecule has 1 N–H and O–H groups in total. The van der Waals surface area contributed by atoms with Crippen LogP contribution in [0.1, 0.15) is 16.8 Å². The first-order chi connectivity index (χ1) is 16.0. The summed E-state index contributed by atoms with van der Waals surface area (Å²) in [6.07, 6.45) is 6.14. The predicted octanol–water partition coefficient (Wildman–Crippen LogP) is 3.89. The van der Waals surface area contributed by atoms with Crippen LogP contribution in [0.3, 0.4) is 0 Å². The van der Waals surface area contributed by atoms with E-state index in [0.29, 0.717) is 23.6 Å². The zero-order valence-electron chi connectivity index (χ0n) is 18.9. The van der Waals surface area contributed by atoms with Crippen molar-refractivity contribution < 1.29 is 19.4 Å². The highest BCUT2D eigenvalue weighted by molar-refractivity contribution is 5.90. The number of aromatic hydroxyl groups is 1. The lowest BCUT2D eigenvalue weighted by Crippen LogP contribution is -2.16. The molecule has 0 saturated carbocycles. The van der Waals surface area contributed by atoms with Crippen molar-refractivity contribution in [1.29, 1.82) is 0 Å². The van der Waals surface area contributed by atoms with Crippen molar-refractivity contribution in [3.63, 3.8) is 0 Å². The van der Waals surface area contributed by atoms with Gasteiger partial charge in [0.05, 0.1) is 43.1 Å². The summed E-state index contributed by atoms with van der Waals surface area (Å²) in [4.78, 5) is 23.3. The molecule has 8 nitrogen and oxygen atoms in total. The van der Waals surface area contributed by atoms with Gasteiger partial charge in [-0.15, -0.1) is 0 Å². The molecule has 0 radical (unpaired) electrons. The summed E-state index contributed by atoms with van der Waals surface area (Å²) in [6.45, 7) is 1.26. The number of benzene rings is 2. The minimum atomic E-state index is -0.332. The number of methoxy groups -OCH3 is 1. The summed E-state index contributed by atoms with van der Waals surface area (Å²) >= 11 is 0. The molecule has 4 aromatic rings. The molecule has 2 aromatic carbocycles. The standard InChI is InChI=1S/C25H26N4O4/c1-28(2)11-4-12-33-25(31)18-7-5-17(6-8-18)20-16-29-21(14-27-24(29)15-26-20)19-9-10-22(30)23(13-19)32-3/h5-10,13-16,30H,4,11-12H2,1-3H3. The highest BCUT2D eigenvalue weighted by Gasteiger charge is 2.12. The minimum absolute atomic E-state index is 0.0775. The summed E-state index contributed by atoms with van der Waals surface area (Å²) in [7, 11) is 5.49. The number of rotatable bonds is 8. The van der Waals surface area contributed by atoms with Crippen molar-refractivity contribution in [1.82, 2.24) is 19.3 Å². The van der Waals surface area contributed by atoms with Crippen LogP contribution in [0.5, 0.6) is 11.5 Å². The molecular formula is C25H26N4O4. The average Bonchev–Trinajstić information content (AvgIpc) is 3.25. The Labute approximate surface area is 192 Å². The van der Waals surface area contributed by atoms with E-state index in [1.807, 2.05) is 36.8 Å². The van der Waals surface area contributed by atoms with E-state index in [0.717, 1.165) is 35.5 Å². The highest BCUT2D eigenvalue weighted by Crippen LogP contribution is 2.32. The second-order valence-corrected chi connectivity index (χ2v) is 7.90. The molecule has 8 heteroatoms. The van der Waals surface area contributed by atoms with Gasteiger partial charge in [-0.1, -0.05) is 12.1 Å². The molecule has 0 amide bonds. The quantitative estimate of drug-likeness (QED) is 0.324. The van der Waals surface area contributed by atoms with Crippen LogP contribution in [0.25, 0.3) is 28.2 Å². The van der Waals surface area contributed by atoms with Crippen molar-refractivity contribution in [2.45, 2.75) is 6.42 Å². The summed E-state index contributed by atoms with van der Waals surface area (Å²) in [5.74, 6) is 0.136. The molecule has 0 aliphatic rings. The fourth-order valence-corrected chi connectivity index (χ4v) is 3.49. The lowest BCUT2D eigenvalue weighted by molar-refractivity contribution is 0.0493. The van der Waals surface area contributed by atoms with Gasteiger partial charge in [0.1, 0.15) is 0 Å². The van der Waals surface area contributed by atoms with E-state index in [9.17, 15) is 9.90 Å². The first kappa shape index (κ1) is 22.3. The van der Waals surface area contributed by atoms with E-state index in [-0.39, 0.29) is 11.7 Å². The van der Waals surface area contributed by atoms with Crippen molar-refractivity contribution >= 4 is 11.6 Å². The number of esters is 1. The van der Waals surface area contributed by atoms with Gasteiger partial charge >= 0.3 is 5.97 Å². The maximum absolute atomic E-state index is 12.3. The molecule has 2 heterocycles. The van der Waals surface area contributed by atoms with Gasteiger partial charge in [0.2, 0.25) is 0 Å². The van der Waals surface area contributed by atoms with E-state index < -0.39 is 0 Å². The molecular weight excluding hydrogens is 420 g/mol. The maximum Gasteiger partial charge on any atom is 0.338 e. The normalized spacial score (nSPS) is 11.2. The number of phenolic OH excluding ortho intramolecular Hbond substituents is 1. The third-order valence-electron chi connectivity index (χ3n) is 5.27. The van der Waals surface area contributed by atoms with Crippen LogP contribution in [-0.2, 0) is 4.74 Å². The number of nitrogens with zero attached hydrogens (tertiary/aromatic N) is 4. The van der Waals surface area contributed by atoms with Crippen molar-refractivity contribution in [2.24, 2.45) is 0 Å². The molecule has 0 aliphatic carbocycles. The molecule has 0 saturated heterocycles. The fourth-order valence-electron chi connectivity index (χ4n) is 3.49. The van der Waals surface area contributed by atoms with Crippen molar-refractivity contribution in [3.05, 3.63) is 66.6 Å². The van der Waals surface area contributed by atoms with E-state index in [2.05, 4.69) is 14.9 Å². The van der Waals surface area contributed by atoms with Crippen LogP contribution in [0.4, 0.5) is 0 Å². The van der Waals surface area contributed by atoms with Gasteiger partial charge in [-0.2, -0.15) is 0 Å². The van der Waals surface area contributed by atoms with Gasteiger partial charge in [-0.3, -0.25) is 9.38 Å². The molecule has 2 aromatic heterocycles. The molecule has 170 valence electrons. The first-order valence-electron chi connectivity index (χ1n) is 10.6. The summed E-state index contributed by atoms with van der Waals surface area (Å²) in [5.41, 5.74) is 4.48. The van der Waals surface area contributed by atoms with Crippen LogP contribution in [-0.4, -0.2) is 64.7 Å². The summed E-state index contributed by atoms with van der Waals surface area (Å²) < 4.78 is 12.5. The van der Waals surface area contributed by atoms with Crippen molar-refractivity contribution in [3.8, 4) is 34.0 Å². The van der Waals surface area contributed by atoms with E-state index in [4.69, 9.17) is 9.47 Å². The van der Waals surface area contributed by atoms with Crippen LogP contribution in [0.2, 0.25) is 0 Å². The zero-order chi connectivity index (χ0) is 23.4. The Kier molecular flexibility index (Phi) is 6.55. The van der Waals surface area contributed by atoms with Crippen LogP contribution in [0.15, 0.2) is 61.1 Å². The molecule has 0 fully saturated rings. The van der Waals surface area contributed by atoms with Gasteiger partial charge < -0.3 is 19.5 Å². The Bertz CT molecular complexity index is 1270. The van der Waals surface area contributed by atoms with Crippen molar-refractivity contribution in [2.75, 3.05) is 34.4 Å². The minimum Gasteiger partial charge on any atom is -0.504 e. The molecule has 0 spiro atoms. The lowest BCUT2D eigenvalue weighted by Gasteiger charge is -2.10. The number of fused-ring (bicyclic) bond motifs is 1. The van der Waals surface area contributed by atoms with Crippen LogP contribution < -0.4 is 4.74 Å². The number of carbonyl (C=O) groups excluding carboxylic acids is 1. The van der Waals surface area contributed by atoms with Gasteiger partial charge in [0.15, 0.2) is 17.1 Å². The Balaban J connectivity index is 1.55. The highest BCUT2D eigenvalue weighted by atomic mass is 16.5. The maximum atomic E-state index is 12.3. The average molecular weight is 447 g/mol. The third kappa shape index (κ3) is 4.96. The van der Waals surface area contributed by atoms with E-state index in [1.54, 1.807) is 42.7 Å². The molecule has 0 aliphatic heterocycles. The van der Waals surface area contributed by atoms with E-state index >= 15 is 0 Å².